The summed E-state index contributed by atoms with van der Waals surface area (Å²) in [6.45, 7) is 12.3. The Morgan fingerprint density at radius 3 is 0.569 bits per heavy atom. The van der Waals surface area contributed by atoms with Crippen LogP contribution in [-0.2, 0) is 71.4 Å². The SMILES string of the molecule is CCCCCCCCCCCCCCCCCC(=O)OC[C@H]1O[C@@H](OC(=O)CCCCCCCCCCCCCCCCC)[C@H](OC(=O)CCCCCCCCCCCCCCCCC)[C@@H](OC(=O)CCCCCCCCCCCCCCCCC)[C@@H]1O[C@H]1O[C@H](CO)[C@@H](O)[C@H](OC(=O)CCCCCCCCCCCCCCCCC)[C@H]1OC(=O)CCCCCCCCCCCCCCCCC. The molecule has 0 unspecified atom stereocenters. The van der Waals surface area contributed by atoms with Crippen molar-refractivity contribution in [2.45, 2.75) is 719 Å². The third-order valence-electron chi connectivity index (χ3n) is 29.3. The van der Waals surface area contributed by atoms with Gasteiger partial charge in [-0.25, -0.2) is 0 Å². The van der Waals surface area contributed by atoms with Crippen molar-refractivity contribution >= 4 is 35.8 Å². The molecule has 2 aliphatic rings. The molecule has 808 valence electrons. The van der Waals surface area contributed by atoms with E-state index in [0.717, 1.165) is 154 Å². The minimum atomic E-state index is -1.78. The van der Waals surface area contributed by atoms with Crippen molar-refractivity contribution in [3.05, 3.63) is 0 Å². The largest absolute Gasteiger partial charge is 0.463 e. The van der Waals surface area contributed by atoms with Crippen LogP contribution in [0.2, 0.25) is 0 Å². The Morgan fingerprint density at radius 1 is 0.190 bits per heavy atom. The van der Waals surface area contributed by atoms with E-state index in [9.17, 15) is 34.2 Å². The van der Waals surface area contributed by atoms with E-state index < -0.39 is 110 Å². The van der Waals surface area contributed by atoms with E-state index in [1.807, 2.05) is 0 Å². The van der Waals surface area contributed by atoms with Crippen LogP contribution in [0.15, 0.2) is 0 Å². The first-order valence-corrected chi connectivity index (χ1v) is 60.8. The van der Waals surface area contributed by atoms with Gasteiger partial charge in [0.25, 0.3) is 0 Å². The predicted octanol–water partition coefficient (Wildman–Crippen LogP) is 35.5. The molecule has 17 nitrogen and oxygen atoms in total. The molecule has 0 aromatic heterocycles. The van der Waals surface area contributed by atoms with Gasteiger partial charge in [0.1, 0.15) is 31.0 Å². The van der Waals surface area contributed by atoms with Crippen molar-refractivity contribution in [3.8, 4) is 0 Å². The zero-order valence-electron chi connectivity index (χ0n) is 91.1. The minimum Gasteiger partial charge on any atom is -0.463 e. The van der Waals surface area contributed by atoms with Crippen LogP contribution in [0, 0.1) is 0 Å². The summed E-state index contributed by atoms with van der Waals surface area (Å²) in [6.07, 6.45) is 87.8. The highest BCUT2D eigenvalue weighted by molar-refractivity contribution is 5.72. The second-order valence-corrected chi connectivity index (χ2v) is 42.5. The van der Waals surface area contributed by atoms with Gasteiger partial charge in [-0.1, -0.05) is 581 Å². The third-order valence-corrected chi connectivity index (χ3v) is 29.3. The van der Waals surface area contributed by atoms with Gasteiger partial charge in [-0.3, -0.25) is 28.8 Å². The maximum absolute atomic E-state index is 15.1. The highest BCUT2D eigenvalue weighted by Gasteiger charge is 2.57. The second-order valence-electron chi connectivity index (χ2n) is 42.5. The normalized spacial score (nSPS) is 18.3. The lowest BCUT2D eigenvalue weighted by Crippen LogP contribution is -2.67. The number of rotatable bonds is 106. The van der Waals surface area contributed by atoms with Crippen LogP contribution >= 0.6 is 0 Å². The van der Waals surface area contributed by atoms with Crippen LogP contribution in [0.3, 0.4) is 0 Å². The quantitative estimate of drug-likeness (QED) is 0.0328. The number of aliphatic hydroxyl groups is 2. The number of aliphatic hydroxyl groups excluding tert-OH is 2. The van der Waals surface area contributed by atoms with Crippen molar-refractivity contribution in [2.24, 2.45) is 0 Å². The molecule has 2 fully saturated rings. The summed E-state index contributed by atoms with van der Waals surface area (Å²) in [4.78, 5) is 88.2. The standard InChI is InChI=1S/C120H226O17/c1-7-13-19-25-31-37-43-49-55-61-67-73-79-85-91-97-107(122)129-104-106-114(137-120-117(134-110(125)100-94-88-82-76-70-64-58-52-46-40-34-28-22-16-10-4)115(113(128)105(103-121)130-120)132-108(123)98-92-86-80-74-68-62-56-50-44-38-32-26-20-14-8-2)116(133-109(124)99-93-87-81-75-69-63-57-51-45-39-33-27-21-15-9-3)118(135-111(126)101-95-89-83-77-71-65-59-53-47-41-35-29-23-17-11-5)119(131-106)136-112(127)102-96-90-84-78-72-66-60-54-48-42-36-30-24-18-12-6/h105-106,113-121,128H,7-104H2,1-6H3/t105-,106-,113-,114-,115+,116+,117-,118-,119+,120-/m1/s1. The Kier molecular flexibility index (Phi) is 94.6. The van der Waals surface area contributed by atoms with Crippen molar-refractivity contribution < 1.29 is 81.6 Å². The molecule has 2 heterocycles. The second kappa shape index (κ2) is 99.9. The van der Waals surface area contributed by atoms with Gasteiger partial charge in [0.05, 0.1) is 6.61 Å². The molecule has 0 bridgehead atoms. The summed E-state index contributed by atoms with van der Waals surface area (Å²) in [6, 6.07) is 0. The number of ether oxygens (including phenoxy) is 9. The van der Waals surface area contributed by atoms with E-state index in [1.54, 1.807) is 0 Å². The monoisotopic (exact) mass is 1940 g/mol. The Hall–Kier alpha value is -3.38. The number of unbranched alkanes of at least 4 members (excludes halogenated alkanes) is 84. The Labute approximate surface area is 845 Å². The van der Waals surface area contributed by atoms with E-state index in [2.05, 4.69) is 41.5 Å². The van der Waals surface area contributed by atoms with Gasteiger partial charge in [0.15, 0.2) is 24.6 Å². The number of esters is 6. The van der Waals surface area contributed by atoms with Gasteiger partial charge >= 0.3 is 35.8 Å². The number of carbonyl (C=O) groups is 6. The smallest absolute Gasteiger partial charge is 0.308 e. The van der Waals surface area contributed by atoms with Crippen LogP contribution in [0.4, 0.5) is 0 Å². The van der Waals surface area contributed by atoms with E-state index in [4.69, 9.17) is 42.6 Å². The summed E-state index contributed by atoms with van der Waals surface area (Å²) in [5.74, 6) is -3.67. The Morgan fingerprint density at radius 2 is 0.358 bits per heavy atom. The fraction of sp³-hybridized carbons (Fsp3) is 0.950. The zero-order valence-corrected chi connectivity index (χ0v) is 91.1. The first kappa shape index (κ1) is 130. The first-order chi connectivity index (χ1) is 67.4. The average molecular weight is 1940 g/mol. The molecule has 2 aliphatic heterocycles. The number of hydrogen-bond acceptors (Lipinski definition) is 17. The molecule has 0 aromatic rings. The first-order valence-electron chi connectivity index (χ1n) is 60.8. The molecule has 17 heteroatoms. The lowest BCUT2D eigenvalue weighted by molar-refractivity contribution is -0.358. The molecule has 0 aromatic carbocycles. The van der Waals surface area contributed by atoms with Gasteiger partial charge in [-0.2, -0.15) is 0 Å². The highest BCUT2D eigenvalue weighted by atomic mass is 16.8. The predicted molar refractivity (Wildman–Crippen MR) is 569 cm³/mol. The van der Waals surface area contributed by atoms with Gasteiger partial charge in [0.2, 0.25) is 12.4 Å². The van der Waals surface area contributed by atoms with Gasteiger partial charge in [-0.05, 0) is 38.5 Å². The molecule has 10 atom stereocenters. The maximum atomic E-state index is 15.1. The van der Waals surface area contributed by atoms with Crippen molar-refractivity contribution in [3.63, 3.8) is 0 Å². The molecule has 0 aliphatic carbocycles. The van der Waals surface area contributed by atoms with Gasteiger partial charge in [-0.15, -0.1) is 0 Å². The van der Waals surface area contributed by atoms with E-state index >= 15 is 4.79 Å². The Balaban J connectivity index is 2.74. The van der Waals surface area contributed by atoms with Crippen molar-refractivity contribution in [1.82, 2.24) is 0 Å². The molecular formula is C120H226O17. The summed E-state index contributed by atoms with van der Waals surface area (Å²) in [7, 11) is 0. The van der Waals surface area contributed by atoms with Gasteiger partial charge in [0, 0.05) is 38.5 Å². The summed E-state index contributed by atoms with van der Waals surface area (Å²) in [5, 5.41) is 23.7. The van der Waals surface area contributed by atoms with Crippen molar-refractivity contribution in [1.29, 1.82) is 0 Å². The lowest BCUT2D eigenvalue weighted by atomic mass is 9.96. The fourth-order valence-corrected chi connectivity index (χ4v) is 20.2. The summed E-state index contributed by atoms with van der Waals surface area (Å²) < 4.78 is 59.6. The highest BCUT2D eigenvalue weighted by Crippen LogP contribution is 2.37. The van der Waals surface area contributed by atoms with Crippen LogP contribution in [0.5, 0.6) is 0 Å². The summed E-state index contributed by atoms with van der Waals surface area (Å²) >= 11 is 0. The molecule has 0 amide bonds. The van der Waals surface area contributed by atoms with Crippen LogP contribution < -0.4 is 0 Å². The zero-order chi connectivity index (χ0) is 98.9. The molecule has 2 saturated heterocycles. The summed E-state index contributed by atoms with van der Waals surface area (Å²) in [5.41, 5.74) is 0. The number of carbonyl (C=O) groups excluding carboxylic acids is 6. The molecular weight excluding hydrogens is 1710 g/mol. The molecule has 2 N–H and O–H groups in total. The van der Waals surface area contributed by atoms with E-state index in [-0.39, 0.29) is 38.5 Å². The van der Waals surface area contributed by atoms with E-state index in [0.29, 0.717) is 38.5 Å². The number of hydrogen-bond donors (Lipinski definition) is 2. The minimum absolute atomic E-state index is 0.00532. The lowest BCUT2D eigenvalue weighted by Gasteiger charge is -2.48. The molecule has 2 rings (SSSR count). The fourth-order valence-electron chi connectivity index (χ4n) is 20.2. The molecule has 0 saturated carbocycles. The maximum Gasteiger partial charge on any atom is 0.308 e. The molecule has 0 radical (unpaired) electrons. The van der Waals surface area contributed by atoms with Crippen molar-refractivity contribution in [2.75, 3.05) is 13.2 Å². The van der Waals surface area contributed by atoms with Crippen LogP contribution in [0.25, 0.3) is 0 Å². The molecule has 0 spiro atoms. The van der Waals surface area contributed by atoms with Crippen LogP contribution in [-0.4, -0.2) is 121 Å². The van der Waals surface area contributed by atoms with Crippen LogP contribution in [0.1, 0.15) is 658 Å². The molecule has 137 heavy (non-hydrogen) atoms. The Bertz CT molecular complexity index is 2620. The van der Waals surface area contributed by atoms with Gasteiger partial charge < -0.3 is 52.8 Å². The third kappa shape index (κ3) is 78.6. The topological polar surface area (TPSA) is 226 Å². The van der Waals surface area contributed by atoms with E-state index in [1.165, 1.54) is 385 Å². The average Bonchev–Trinajstić information content (AvgIpc) is 0.764.